The molecule has 2 aromatic carbocycles. The summed E-state index contributed by atoms with van der Waals surface area (Å²) in [6, 6.07) is 11.2. The van der Waals surface area contributed by atoms with Crippen LogP contribution >= 0.6 is 0 Å². The standard InChI is InChI=1S/C24H30N2O5/c1-16-7-5-6-8-19(16)24(28)26-11-9-17(10-12-26)23(27)25-15-18-13-21(30-3)22(31-4)14-20(18)29-2/h5-8,13-14,17H,9-12,15H2,1-4H3,(H,25,27). The average molecular weight is 427 g/mol. The Morgan fingerprint density at radius 1 is 0.968 bits per heavy atom. The number of carbonyl (C=O) groups excluding carboxylic acids is 2. The second kappa shape index (κ2) is 10.2. The zero-order valence-electron chi connectivity index (χ0n) is 18.6. The number of carbonyl (C=O) groups is 2. The molecule has 0 aliphatic carbocycles. The number of hydrogen-bond acceptors (Lipinski definition) is 5. The van der Waals surface area contributed by atoms with E-state index < -0.39 is 0 Å². The number of rotatable bonds is 7. The number of aryl methyl sites for hydroxylation is 1. The van der Waals surface area contributed by atoms with Gasteiger partial charge in [-0.05, 0) is 37.5 Å². The lowest BCUT2D eigenvalue weighted by Crippen LogP contribution is -2.43. The predicted octanol–water partition coefficient (Wildman–Crippen LogP) is 3.19. The van der Waals surface area contributed by atoms with Crippen LogP contribution in [0.2, 0.25) is 0 Å². The van der Waals surface area contributed by atoms with E-state index >= 15 is 0 Å². The lowest BCUT2D eigenvalue weighted by atomic mass is 9.95. The van der Waals surface area contributed by atoms with Gasteiger partial charge in [0, 0.05) is 42.7 Å². The summed E-state index contributed by atoms with van der Waals surface area (Å²) in [6.07, 6.45) is 1.29. The van der Waals surface area contributed by atoms with Crippen LogP contribution < -0.4 is 19.5 Å². The van der Waals surface area contributed by atoms with Crippen molar-refractivity contribution in [3.05, 3.63) is 53.1 Å². The number of ether oxygens (including phenoxy) is 3. The lowest BCUT2D eigenvalue weighted by Gasteiger charge is -2.31. The summed E-state index contributed by atoms with van der Waals surface area (Å²) in [5, 5.41) is 3.00. The van der Waals surface area contributed by atoms with Crippen LogP contribution in [0.25, 0.3) is 0 Å². The molecule has 1 heterocycles. The second-order valence-corrected chi connectivity index (χ2v) is 7.62. The van der Waals surface area contributed by atoms with Gasteiger partial charge in [0.2, 0.25) is 5.91 Å². The molecule has 2 amide bonds. The molecule has 0 unspecified atom stereocenters. The maximum absolute atomic E-state index is 12.8. The molecule has 1 fully saturated rings. The van der Waals surface area contributed by atoms with Crippen molar-refractivity contribution in [3.63, 3.8) is 0 Å². The zero-order chi connectivity index (χ0) is 22.4. The summed E-state index contributed by atoms with van der Waals surface area (Å²) < 4.78 is 16.1. The SMILES string of the molecule is COc1cc(OC)c(OC)cc1CNC(=O)C1CCN(C(=O)c2ccccc2C)CC1. The van der Waals surface area contributed by atoms with Crippen LogP contribution in [0.3, 0.4) is 0 Å². The molecule has 1 aliphatic rings. The van der Waals surface area contributed by atoms with Crippen molar-refractivity contribution in [1.29, 1.82) is 0 Å². The number of methoxy groups -OCH3 is 3. The average Bonchev–Trinajstić information content (AvgIpc) is 2.81. The Hall–Kier alpha value is -3.22. The van der Waals surface area contributed by atoms with Crippen molar-refractivity contribution < 1.29 is 23.8 Å². The molecule has 0 atom stereocenters. The Balaban J connectivity index is 1.57. The molecule has 1 N–H and O–H groups in total. The Morgan fingerprint density at radius 2 is 1.58 bits per heavy atom. The summed E-state index contributed by atoms with van der Waals surface area (Å²) in [4.78, 5) is 27.4. The van der Waals surface area contributed by atoms with Crippen LogP contribution in [0, 0.1) is 12.8 Å². The predicted molar refractivity (Wildman–Crippen MR) is 118 cm³/mol. The number of amides is 2. The first kappa shape index (κ1) is 22.5. The highest BCUT2D eigenvalue weighted by molar-refractivity contribution is 5.95. The topological polar surface area (TPSA) is 77.1 Å². The van der Waals surface area contributed by atoms with E-state index in [-0.39, 0.29) is 17.7 Å². The molecule has 3 rings (SSSR count). The molecule has 0 spiro atoms. The summed E-state index contributed by atoms with van der Waals surface area (Å²) in [7, 11) is 4.71. The van der Waals surface area contributed by atoms with E-state index in [4.69, 9.17) is 14.2 Å². The first-order valence-corrected chi connectivity index (χ1v) is 10.4. The van der Waals surface area contributed by atoms with Gasteiger partial charge in [-0.1, -0.05) is 18.2 Å². The van der Waals surface area contributed by atoms with E-state index in [0.29, 0.717) is 49.7 Å². The fourth-order valence-electron chi connectivity index (χ4n) is 3.89. The Kier molecular flexibility index (Phi) is 7.39. The Labute approximate surface area is 183 Å². The third kappa shape index (κ3) is 5.10. The highest BCUT2D eigenvalue weighted by atomic mass is 16.5. The first-order chi connectivity index (χ1) is 15.0. The largest absolute Gasteiger partial charge is 0.496 e. The number of likely N-dealkylation sites (tertiary alicyclic amines) is 1. The normalized spacial score (nSPS) is 14.1. The van der Waals surface area contributed by atoms with Crippen LogP contribution in [-0.4, -0.2) is 51.1 Å². The van der Waals surface area contributed by atoms with Gasteiger partial charge < -0.3 is 24.4 Å². The third-order valence-corrected chi connectivity index (χ3v) is 5.77. The summed E-state index contributed by atoms with van der Waals surface area (Å²) in [6.45, 7) is 3.41. The van der Waals surface area contributed by atoms with E-state index in [2.05, 4.69) is 5.32 Å². The molecule has 7 heteroatoms. The molecular weight excluding hydrogens is 396 g/mol. The van der Waals surface area contributed by atoms with Gasteiger partial charge in [-0.15, -0.1) is 0 Å². The highest BCUT2D eigenvalue weighted by Gasteiger charge is 2.28. The van der Waals surface area contributed by atoms with Crippen LogP contribution in [0.5, 0.6) is 17.2 Å². The monoisotopic (exact) mass is 426 g/mol. The maximum atomic E-state index is 12.8. The smallest absolute Gasteiger partial charge is 0.254 e. The fourth-order valence-corrected chi connectivity index (χ4v) is 3.89. The van der Waals surface area contributed by atoms with Crippen molar-refractivity contribution in [1.82, 2.24) is 10.2 Å². The van der Waals surface area contributed by atoms with E-state index in [9.17, 15) is 9.59 Å². The van der Waals surface area contributed by atoms with Crippen molar-refractivity contribution in [2.45, 2.75) is 26.3 Å². The molecule has 1 saturated heterocycles. The second-order valence-electron chi connectivity index (χ2n) is 7.62. The van der Waals surface area contributed by atoms with Gasteiger partial charge in [0.1, 0.15) is 5.75 Å². The van der Waals surface area contributed by atoms with E-state index in [0.717, 1.165) is 16.7 Å². The number of nitrogens with zero attached hydrogens (tertiary/aromatic N) is 1. The van der Waals surface area contributed by atoms with Crippen LogP contribution in [0.4, 0.5) is 0 Å². The van der Waals surface area contributed by atoms with Crippen molar-refractivity contribution in [3.8, 4) is 17.2 Å². The van der Waals surface area contributed by atoms with Crippen LogP contribution in [0.15, 0.2) is 36.4 Å². The molecule has 166 valence electrons. The highest BCUT2D eigenvalue weighted by Crippen LogP contribution is 2.34. The van der Waals surface area contributed by atoms with E-state index in [1.165, 1.54) is 0 Å². The molecule has 7 nitrogen and oxygen atoms in total. The summed E-state index contributed by atoms with van der Waals surface area (Å²) in [5.74, 6) is 1.67. The van der Waals surface area contributed by atoms with E-state index in [1.807, 2.05) is 36.1 Å². The molecule has 0 saturated carbocycles. The van der Waals surface area contributed by atoms with Gasteiger partial charge in [0.15, 0.2) is 11.5 Å². The van der Waals surface area contributed by atoms with Crippen molar-refractivity contribution >= 4 is 11.8 Å². The summed E-state index contributed by atoms with van der Waals surface area (Å²) >= 11 is 0. The number of benzene rings is 2. The van der Waals surface area contributed by atoms with Crippen molar-refractivity contribution in [2.75, 3.05) is 34.4 Å². The lowest BCUT2D eigenvalue weighted by molar-refractivity contribution is -0.126. The van der Waals surface area contributed by atoms with Crippen LogP contribution in [0.1, 0.15) is 34.3 Å². The minimum Gasteiger partial charge on any atom is -0.496 e. The van der Waals surface area contributed by atoms with E-state index in [1.54, 1.807) is 33.5 Å². The molecule has 2 aromatic rings. The first-order valence-electron chi connectivity index (χ1n) is 10.4. The minimum atomic E-state index is -0.118. The van der Waals surface area contributed by atoms with Crippen LogP contribution in [-0.2, 0) is 11.3 Å². The number of piperidine rings is 1. The van der Waals surface area contributed by atoms with Gasteiger partial charge in [-0.2, -0.15) is 0 Å². The molecule has 1 aliphatic heterocycles. The molecular formula is C24H30N2O5. The number of hydrogen-bond donors (Lipinski definition) is 1. The van der Waals surface area contributed by atoms with Gasteiger partial charge >= 0.3 is 0 Å². The Morgan fingerprint density at radius 3 is 2.19 bits per heavy atom. The summed E-state index contributed by atoms with van der Waals surface area (Å²) in [5.41, 5.74) is 2.50. The third-order valence-electron chi connectivity index (χ3n) is 5.77. The minimum absolute atomic E-state index is 0.0140. The molecule has 0 aromatic heterocycles. The zero-order valence-corrected chi connectivity index (χ0v) is 18.6. The van der Waals surface area contributed by atoms with Gasteiger partial charge in [-0.3, -0.25) is 9.59 Å². The number of nitrogens with one attached hydrogen (secondary N) is 1. The molecule has 0 bridgehead atoms. The quantitative estimate of drug-likeness (QED) is 0.736. The van der Waals surface area contributed by atoms with Gasteiger partial charge in [-0.25, -0.2) is 0 Å². The molecule has 0 radical (unpaired) electrons. The van der Waals surface area contributed by atoms with Gasteiger partial charge in [0.25, 0.3) is 5.91 Å². The Bertz CT molecular complexity index is 936. The van der Waals surface area contributed by atoms with Gasteiger partial charge in [0.05, 0.1) is 21.3 Å². The van der Waals surface area contributed by atoms with Crippen molar-refractivity contribution in [2.24, 2.45) is 5.92 Å². The fraction of sp³-hybridized carbons (Fsp3) is 0.417. The molecule has 31 heavy (non-hydrogen) atoms. The maximum Gasteiger partial charge on any atom is 0.254 e.